The average Bonchev–Trinajstić information content (AvgIpc) is 2.51. The molecule has 0 aliphatic rings. The van der Waals surface area contributed by atoms with Crippen molar-refractivity contribution in [3.63, 3.8) is 0 Å². The van der Waals surface area contributed by atoms with E-state index in [1.165, 1.54) is 13.3 Å². The van der Waals surface area contributed by atoms with Gasteiger partial charge in [0.1, 0.15) is 6.61 Å². The molecule has 0 saturated heterocycles. The number of ether oxygens (including phenoxy) is 2. The Morgan fingerprint density at radius 3 is 2.17 bits per heavy atom. The molecule has 0 radical (unpaired) electrons. The van der Waals surface area contributed by atoms with Crippen LogP contribution in [0.15, 0.2) is 37.0 Å². The predicted octanol–water partition coefficient (Wildman–Crippen LogP) is 3.03. The Labute approximate surface area is 140 Å². The fraction of sp³-hybridized carbons (Fsp3) is 0.556. The molecule has 23 heavy (non-hydrogen) atoms. The summed E-state index contributed by atoms with van der Waals surface area (Å²) in [6.45, 7) is 15.5. The van der Waals surface area contributed by atoms with Gasteiger partial charge in [-0.3, -0.25) is 4.79 Å². The van der Waals surface area contributed by atoms with Crippen LogP contribution in [0.3, 0.4) is 0 Å². The quantitative estimate of drug-likeness (QED) is 0.380. The first-order chi connectivity index (χ1) is 10.8. The minimum Gasteiger partial charge on any atom is -0.458 e. The molecule has 0 spiro atoms. The van der Waals surface area contributed by atoms with Gasteiger partial charge in [0.15, 0.2) is 6.10 Å². The average molecular weight is 325 g/mol. The van der Waals surface area contributed by atoms with Crippen molar-refractivity contribution in [2.24, 2.45) is 5.92 Å². The van der Waals surface area contributed by atoms with E-state index < -0.39 is 12.1 Å². The van der Waals surface area contributed by atoms with Gasteiger partial charge in [-0.15, -0.1) is 0 Å². The van der Waals surface area contributed by atoms with Gasteiger partial charge in [-0.2, -0.15) is 0 Å². The Kier molecular flexibility index (Phi) is 15.3. The van der Waals surface area contributed by atoms with E-state index in [4.69, 9.17) is 4.74 Å². The molecule has 5 heteroatoms. The molecule has 0 aromatic heterocycles. The molecule has 0 aliphatic carbocycles. The van der Waals surface area contributed by atoms with Gasteiger partial charge < -0.3 is 14.8 Å². The second-order valence-corrected chi connectivity index (χ2v) is 5.48. The Balaban J connectivity index is 0. The zero-order valence-corrected chi connectivity index (χ0v) is 15.0. The number of hydrogen-bond donors (Lipinski definition) is 1. The van der Waals surface area contributed by atoms with Crippen LogP contribution < -0.4 is 5.32 Å². The fourth-order valence-electron chi connectivity index (χ4n) is 1.56. The number of esters is 1. The molecule has 1 N–H and O–H groups in total. The van der Waals surface area contributed by atoms with Crippen molar-refractivity contribution in [1.29, 1.82) is 0 Å². The molecule has 0 heterocycles. The van der Waals surface area contributed by atoms with Gasteiger partial charge in [-0.25, -0.2) is 4.79 Å². The second-order valence-electron chi connectivity index (χ2n) is 5.48. The molecule has 0 aliphatic heterocycles. The third-order valence-electron chi connectivity index (χ3n) is 2.88. The molecular formula is C18H31NO4. The molecule has 0 rings (SSSR count). The number of allylic oxidation sites excluding steroid dienone is 2. The molecule has 132 valence electrons. The first-order valence-electron chi connectivity index (χ1n) is 7.69. The predicted molar refractivity (Wildman–Crippen MR) is 94.0 cm³/mol. The normalized spacial score (nSPS) is 13.2. The van der Waals surface area contributed by atoms with Gasteiger partial charge >= 0.3 is 5.97 Å². The Morgan fingerprint density at radius 2 is 1.83 bits per heavy atom. The monoisotopic (exact) mass is 325 g/mol. The summed E-state index contributed by atoms with van der Waals surface area (Å²) in [5.74, 6) is 0.219. The maximum absolute atomic E-state index is 11.2. The summed E-state index contributed by atoms with van der Waals surface area (Å²) in [5, 5.41) is 3.20. The van der Waals surface area contributed by atoms with E-state index >= 15 is 0 Å². The van der Waals surface area contributed by atoms with Gasteiger partial charge in [0.05, 0.1) is 0 Å². The van der Waals surface area contributed by atoms with Crippen LogP contribution in [-0.4, -0.2) is 38.2 Å². The van der Waals surface area contributed by atoms with Gasteiger partial charge in [0.2, 0.25) is 0 Å². The molecule has 0 aromatic carbocycles. The number of carbonyl (C=O) groups excluding carboxylic acids is 2. The minimum atomic E-state index is -0.891. The van der Waals surface area contributed by atoms with Crippen molar-refractivity contribution in [1.82, 2.24) is 5.32 Å². The number of rotatable bonds is 10. The highest BCUT2D eigenvalue weighted by atomic mass is 16.6. The van der Waals surface area contributed by atoms with E-state index in [-0.39, 0.29) is 13.1 Å². The lowest BCUT2D eigenvalue weighted by atomic mass is 10.1. The summed E-state index contributed by atoms with van der Waals surface area (Å²) in [7, 11) is 2.01. The van der Waals surface area contributed by atoms with Crippen molar-refractivity contribution in [3.05, 3.63) is 37.0 Å². The van der Waals surface area contributed by atoms with E-state index in [2.05, 4.69) is 44.0 Å². The number of hydrogen-bond acceptors (Lipinski definition) is 5. The molecule has 0 amide bonds. The van der Waals surface area contributed by atoms with Crippen LogP contribution in [0.1, 0.15) is 34.1 Å². The smallest absolute Gasteiger partial charge is 0.347 e. The molecule has 0 saturated carbocycles. The van der Waals surface area contributed by atoms with Crippen molar-refractivity contribution in [3.8, 4) is 0 Å². The summed E-state index contributed by atoms with van der Waals surface area (Å²) in [6.07, 6.45) is 5.18. The zero-order chi connectivity index (χ0) is 18.3. The molecule has 0 aromatic rings. The maximum Gasteiger partial charge on any atom is 0.347 e. The van der Waals surface area contributed by atoms with Gasteiger partial charge in [0, 0.05) is 6.04 Å². The lowest BCUT2D eigenvalue weighted by molar-refractivity contribution is -0.159. The Morgan fingerprint density at radius 1 is 1.22 bits per heavy atom. The van der Waals surface area contributed by atoms with Crippen LogP contribution in [0.2, 0.25) is 0 Å². The highest BCUT2D eigenvalue weighted by Crippen LogP contribution is 2.02. The van der Waals surface area contributed by atoms with Crippen molar-refractivity contribution in [2.45, 2.75) is 46.3 Å². The molecule has 2 unspecified atom stereocenters. The standard InChI is InChI=1S/C11H14O4.C7H17N/c1-4-6-10(5-2)7-14-11(13)9(3)15-8-12;1-6(2)5-7(3)8-4/h4-6,8-9H,1-2,7H2,3H3;6-8H,5H2,1-4H3/b10-6+;. The summed E-state index contributed by atoms with van der Waals surface area (Å²) < 4.78 is 9.26. The molecule has 2 atom stereocenters. The first-order valence-corrected chi connectivity index (χ1v) is 7.69. The third-order valence-corrected chi connectivity index (χ3v) is 2.88. The van der Waals surface area contributed by atoms with Crippen LogP contribution >= 0.6 is 0 Å². The van der Waals surface area contributed by atoms with Crippen LogP contribution in [0.25, 0.3) is 0 Å². The van der Waals surface area contributed by atoms with Gasteiger partial charge in [-0.05, 0) is 38.8 Å². The van der Waals surface area contributed by atoms with Crippen molar-refractivity contribution < 1.29 is 19.1 Å². The fourth-order valence-corrected chi connectivity index (χ4v) is 1.56. The maximum atomic E-state index is 11.2. The van der Waals surface area contributed by atoms with Crippen LogP contribution in [0.4, 0.5) is 0 Å². The highest BCUT2D eigenvalue weighted by Gasteiger charge is 2.14. The largest absolute Gasteiger partial charge is 0.458 e. The molecule has 5 nitrogen and oxygen atoms in total. The SMILES string of the molecule is C=C/C=C(\C=C)COC(=O)C(C)OC=O.CNC(C)CC(C)C. The Hall–Kier alpha value is -1.88. The summed E-state index contributed by atoms with van der Waals surface area (Å²) in [5.41, 5.74) is 0.719. The van der Waals surface area contributed by atoms with Crippen LogP contribution in [-0.2, 0) is 19.1 Å². The summed E-state index contributed by atoms with van der Waals surface area (Å²) >= 11 is 0. The lowest BCUT2D eigenvalue weighted by Crippen LogP contribution is -2.23. The number of carbonyl (C=O) groups is 2. The van der Waals surface area contributed by atoms with E-state index in [1.54, 1.807) is 18.2 Å². The number of nitrogens with one attached hydrogen (secondary N) is 1. The summed E-state index contributed by atoms with van der Waals surface area (Å²) in [6, 6.07) is 0.676. The van der Waals surface area contributed by atoms with Crippen molar-refractivity contribution >= 4 is 12.4 Å². The third kappa shape index (κ3) is 14.8. The summed E-state index contributed by atoms with van der Waals surface area (Å²) in [4.78, 5) is 21.1. The Bertz CT molecular complexity index is 388. The van der Waals surface area contributed by atoms with Gasteiger partial charge in [-0.1, -0.05) is 45.2 Å². The van der Waals surface area contributed by atoms with E-state index in [1.807, 2.05) is 7.05 Å². The molecule has 0 bridgehead atoms. The van der Waals surface area contributed by atoms with Crippen molar-refractivity contribution in [2.75, 3.05) is 13.7 Å². The molecule has 0 fully saturated rings. The van der Waals surface area contributed by atoms with Gasteiger partial charge in [0.25, 0.3) is 6.47 Å². The second kappa shape index (κ2) is 15.0. The first kappa shape index (κ1) is 23.4. The van der Waals surface area contributed by atoms with Crippen LogP contribution in [0, 0.1) is 5.92 Å². The lowest BCUT2D eigenvalue weighted by Gasteiger charge is -2.11. The van der Waals surface area contributed by atoms with E-state index in [9.17, 15) is 9.59 Å². The highest BCUT2D eigenvalue weighted by molar-refractivity contribution is 5.75. The van der Waals surface area contributed by atoms with Crippen LogP contribution in [0.5, 0.6) is 0 Å². The molecular weight excluding hydrogens is 294 g/mol. The van der Waals surface area contributed by atoms with E-state index in [0.29, 0.717) is 6.04 Å². The topological polar surface area (TPSA) is 64.6 Å². The van der Waals surface area contributed by atoms with E-state index in [0.717, 1.165) is 11.5 Å². The minimum absolute atomic E-state index is 0.0842. The zero-order valence-electron chi connectivity index (χ0n) is 15.0.